The van der Waals surface area contributed by atoms with Gasteiger partial charge in [-0.2, -0.15) is 0 Å². The summed E-state index contributed by atoms with van der Waals surface area (Å²) in [6.45, 7) is 0. The van der Waals surface area contributed by atoms with Crippen molar-refractivity contribution in [2.45, 2.75) is 0 Å². The molecule has 1 heterocycles. The maximum atomic E-state index is 12.7. The van der Waals surface area contributed by atoms with Gasteiger partial charge in [0.15, 0.2) is 0 Å². The van der Waals surface area contributed by atoms with Gasteiger partial charge in [0.25, 0.3) is 11.8 Å². The van der Waals surface area contributed by atoms with Crippen LogP contribution in [0.3, 0.4) is 0 Å². The summed E-state index contributed by atoms with van der Waals surface area (Å²) < 4.78 is 0.794. The van der Waals surface area contributed by atoms with Crippen molar-refractivity contribution < 1.29 is 14.4 Å². The Balaban J connectivity index is 2.03. The predicted octanol–water partition coefficient (Wildman–Crippen LogP) is 4.42. The number of anilines is 1. The number of nitrogens with one attached hydrogen (secondary N) is 1. The Labute approximate surface area is 161 Å². The number of amides is 4. The largest absolute Gasteiger partial charge is 0.335 e. The average molecular weight is 440 g/mol. The molecule has 25 heavy (non-hydrogen) atoms. The number of halogens is 3. The smallest absolute Gasteiger partial charge is 0.273 e. The second-order valence-corrected chi connectivity index (χ2v) is 6.84. The molecule has 0 radical (unpaired) electrons. The fourth-order valence-corrected chi connectivity index (χ4v) is 2.99. The van der Waals surface area contributed by atoms with Crippen LogP contribution in [0.25, 0.3) is 6.08 Å². The van der Waals surface area contributed by atoms with Crippen molar-refractivity contribution in [3.05, 3.63) is 68.1 Å². The van der Waals surface area contributed by atoms with Crippen molar-refractivity contribution in [3.8, 4) is 0 Å². The molecule has 2 aromatic rings. The van der Waals surface area contributed by atoms with Crippen LogP contribution in [0, 0.1) is 0 Å². The molecule has 0 saturated carbocycles. The number of carbonyl (C=O) groups excluding carboxylic acids is 3. The first kappa shape index (κ1) is 17.7. The number of imide groups is 2. The normalized spacial score (nSPS) is 16.4. The molecule has 0 spiro atoms. The third-order valence-electron chi connectivity index (χ3n) is 3.42. The number of barbiturate groups is 1. The molecular weight excluding hydrogens is 431 g/mol. The molecule has 1 N–H and O–H groups in total. The van der Waals surface area contributed by atoms with Gasteiger partial charge in [0.05, 0.1) is 15.7 Å². The lowest BCUT2D eigenvalue weighted by atomic mass is 10.1. The topological polar surface area (TPSA) is 66.5 Å². The van der Waals surface area contributed by atoms with Gasteiger partial charge < -0.3 is 0 Å². The Morgan fingerprint density at radius 1 is 1.00 bits per heavy atom. The van der Waals surface area contributed by atoms with Crippen LogP contribution in [0.2, 0.25) is 10.0 Å². The first-order chi connectivity index (χ1) is 11.9. The number of urea groups is 1. The molecule has 5 nitrogen and oxygen atoms in total. The highest BCUT2D eigenvalue weighted by Crippen LogP contribution is 2.29. The zero-order valence-corrected chi connectivity index (χ0v) is 15.5. The Morgan fingerprint density at radius 2 is 1.76 bits per heavy atom. The van der Waals surface area contributed by atoms with Gasteiger partial charge in [-0.3, -0.25) is 14.9 Å². The first-order valence-corrected chi connectivity index (χ1v) is 8.54. The highest BCUT2D eigenvalue weighted by molar-refractivity contribution is 9.10. The van der Waals surface area contributed by atoms with E-state index in [1.165, 1.54) is 24.3 Å². The van der Waals surface area contributed by atoms with Crippen LogP contribution < -0.4 is 10.2 Å². The summed E-state index contributed by atoms with van der Waals surface area (Å²) >= 11 is 15.1. The number of rotatable bonds is 2. The molecule has 126 valence electrons. The standard InChI is InChI=1S/C17H9BrCl2N2O3/c18-10-3-1-2-9(6-10)7-12-15(23)21-17(25)22(16(12)24)11-4-5-13(19)14(20)8-11/h1-8H,(H,21,23,25)/b12-7+. The van der Waals surface area contributed by atoms with Crippen molar-refractivity contribution in [1.29, 1.82) is 0 Å². The Hall–Kier alpha value is -2.15. The van der Waals surface area contributed by atoms with Crippen LogP contribution in [0.1, 0.15) is 5.56 Å². The van der Waals surface area contributed by atoms with E-state index in [-0.39, 0.29) is 21.3 Å². The molecule has 1 fully saturated rings. The van der Waals surface area contributed by atoms with E-state index in [0.717, 1.165) is 9.37 Å². The molecule has 0 unspecified atom stereocenters. The van der Waals surface area contributed by atoms with Crippen molar-refractivity contribution in [2.75, 3.05) is 4.90 Å². The molecule has 0 aliphatic carbocycles. The van der Waals surface area contributed by atoms with Crippen molar-refractivity contribution in [2.24, 2.45) is 0 Å². The van der Waals surface area contributed by atoms with Crippen LogP contribution in [0.5, 0.6) is 0 Å². The summed E-state index contributed by atoms with van der Waals surface area (Å²) in [7, 11) is 0. The summed E-state index contributed by atoms with van der Waals surface area (Å²) in [4.78, 5) is 37.8. The lowest BCUT2D eigenvalue weighted by Gasteiger charge is -2.26. The summed E-state index contributed by atoms with van der Waals surface area (Å²) in [5.74, 6) is -1.50. The zero-order valence-electron chi connectivity index (χ0n) is 12.4. The molecule has 8 heteroatoms. The van der Waals surface area contributed by atoms with E-state index in [9.17, 15) is 14.4 Å². The summed E-state index contributed by atoms with van der Waals surface area (Å²) in [6, 6.07) is 10.5. The SMILES string of the molecule is O=C1NC(=O)N(c2ccc(Cl)c(Cl)c2)C(=O)/C1=C/c1cccc(Br)c1. The van der Waals surface area contributed by atoms with E-state index < -0.39 is 17.8 Å². The number of hydrogen-bond donors (Lipinski definition) is 1. The van der Waals surface area contributed by atoms with Gasteiger partial charge in [-0.15, -0.1) is 0 Å². The van der Waals surface area contributed by atoms with E-state index in [1.54, 1.807) is 18.2 Å². The molecule has 4 amide bonds. The second kappa shape index (κ2) is 7.00. The van der Waals surface area contributed by atoms with Gasteiger partial charge in [-0.05, 0) is 42.0 Å². The van der Waals surface area contributed by atoms with E-state index in [4.69, 9.17) is 23.2 Å². The number of nitrogens with zero attached hydrogens (tertiary/aromatic N) is 1. The highest BCUT2D eigenvalue weighted by Gasteiger charge is 2.36. The summed E-state index contributed by atoms with van der Waals surface area (Å²) in [5, 5.41) is 2.63. The molecule has 0 atom stereocenters. The van der Waals surface area contributed by atoms with Crippen molar-refractivity contribution in [1.82, 2.24) is 5.32 Å². The Kier molecular flexibility index (Phi) is 4.94. The van der Waals surface area contributed by atoms with Crippen LogP contribution in [-0.4, -0.2) is 17.8 Å². The lowest BCUT2D eigenvalue weighted by Crippen LogP contribution is -2.54. The van der Waals surface area contributed by atoms with Gasteiger partial charge in [-0.25, -0.2) is 9.69 Å². The van der Waals surface area contributed by atoms with E-state index in [1.807, 2.05) is 6.07 Å². The molecular formula is C17H9BrCl2N2O3. The molecule has 0 bridgehead atoms. The fraction of sp³-hybridized carbons (Fsp3) is 0. The number of carbonyl (C=O) groups is 3. The minimum absolute atomic E-state index is 0.163. The van der Waals surface area contributed by atoms with Crippen LogP contribution in [0.15, 0.2) is 52.5 Å². The van der Waals surface area contributed by atoms with Crippen LogP contribution in [-0.2, 0) is 9.59 Å². The van der Waals surface area contributed by atoms with Crippen LogP contribution >= 0.6 is 39.1 Å². The summed E-state index contributed by atoms with van der Waals surface area (Å²) in [5.41, 5.74) is 0.685. The minimum atomic E-state index is -0.847. The maximum Gasteiger partial charge on any atom is 0.335 e. The van der Waals surface area contributed by atoms with Crippen molar-refractivity contribution in [3.63, 3.8) is 0 Å². The highest BCUT2D eigenvalue weighted by atomic mass is 79.9. The Bertz CT molecular complexity index is 943. The van der Waals surface area contributed by atoms with E-state index in [0.29, 0.717) is 5.56 Å². The maximum absolute atomic E-state index is 12.7. The van der Waals surface area contributed by atoms with Crippen molar-refractivity contribution >= 4 is 68.7 Å². The molecule has 3 rings (SSSR count). The summed E-state index contributed by atoms with van der Waals surface area (Å²) in [6.07, 6.45) is 1.42. The zero-order chi connectivity index (χ0) is 18.1. The predicted molar refractivity (Wildman–Crippen MR) is 99.6 cm³/mol. The third-order valence-corrected chi connectivity index (χ3v) is 4.66. The van der Waals surface area contributed by atoms with Gasteiger partial charge in [0.2, 0.25) is 0 Å². The molecule has 2 aromatic carbocycles. The van der Waals surface area contributed by atoms with Gasteiger partial charge in [0, 0.05) is 4.47 Å². The first-order valence-electron chi connectivity index (χ1n) is 6.99. The molecule has 0 aromatic heterocycles. The van der Waals surface area contributed by atoms with E-state index in [2.05, 4.69) is 21.2 Å². The minimum Gasteiger partial charge on any atom is -0.273 e. The fourth-order valence-electron chi connectivity index (χ4n) is 2.28. The monoisotopic (exact) mass is 438 g/mol. The second-order valence-electron chi connectivity index (χ2n) is 5.11. The van der Waals surface area contributed by atoms with E-state index >= 15 is 0 Å². The molecule has 1 aliphatic rings. The van der Waals surface area contributed by atoms with Gasteiger partial charge in [-0.1, -0.05) is 51.3 Å². The molecule has 1 aliphatic heterocycles. The lowest BCUT2D eigenvalue weighted by molar-refractivity contribution is -0.122. The number of benzene rings is 2. The number of hydrogen-bond acceptors (Lipinski definition) is 3. The quantitative estimate of drug-likeness (QED) is 0.556. The van der Waals surface area contributed by atoms with Gasteiger partial charge in [0.1, 0.15) is 5.57 Å². The third kappa shape index (κ3) is 3.61. The van der Waals surface area contributed by atoms with Crippen LogP contribution in [0.4, 0.5) is 10.5 Å². The Morgan fingerprint density at radius 3 is 2.44 bits per heavy atom. The average Bonchev–Trinajstić information content (AvgIpc) is 2.55. The molecule has 1 saturated heterocycles. The van der Waals surface area contributed by atoms with Gasteiger partial charge >= 0.3 is 6.03 Å².